The van der Waals surface area contributed by atoms with Crippen molar-refractivity contribution in [3.05, 3.63) is 0 Å². The monoisotopic (exact) mass is 278 g/mol. The van der Waals surface area contributed by atoms with Crippen LogP contribution in [0.3, 0.4) is 0 Å². The van der Waals surface area contributed by atoms with Crippen molar-refractivity contribution in [2.24, 2.45) is 5.92 Å². The molecule has 0 N–H and O–H groups in total. The Hall–Kier alpha value is -0.180. The van der Waals surface area contributed by atoms with Gasteiger partial charge in [0.1, 0.15) is 11.6 Å². The van der Waals surface area contributed by atoms with E-state index in [4.69, 9.17) is 0 Å². The SMILES string of the molecule is CCC(=O)C(C)(C)Br.CCC(=O)C(C)C. The van der Waals surface area contributed by atoms with Crippen molar-refractivity contribution in [1.82, 2.24) is 0 Å². The molecule has 0 aliphatic rings. The summed E-state index contributed by atoms with van der Waals surface area (Å²) in [4.78, 5) is 21.3. The van der Waals surface area contributed by atoms with E-state index < -0.39 is 0 Å². The van der Waals surface area contributed by atoms with Gasteiger partial charge in [0.15, 0.2) is 0 Å². The van der Waals surface area contributed by atoms with Crippen LogP contribution in [-0.2, 0) is 9.59 Å². The Bertz CT molecular complexity index is 202. The summed E-state index contributed by atoms with van der Waals surface area (Å²) in [7, 11) is 0. The van der Waals surface area contributed by atoms with Crippen molar-refractivity contribution in [2.45, 2.75) is 58.7 Å². The van der Waals surface area contributed by atoms with Crippen LogP contribution in [0.4, 0.5) is 0 Å². The van der Waals surface area contributed by atoms with Crippen molar-refractivity contribution in [3.8, 4) is 0 Å². The maximum Gasteiger partial charge on any atom is 0.148 e. The maximum atomic E-state index is 10.8. The van der Waals surface area contributed by atoms with E-state index in [0.717, 1.165) is 0 Å². The molecule has 0 atom stereocenters. The predicted octanol–water partition coefficient (Wildman–Crippen LogP) is 3.76. The van der Waals surface area contributed by atoms with Crippen molar-refractivity contribution in [1.29, 1.82) is 0 Å². The molecule has 0 aromatic heterocycles. The first-order valence-electron chi connectivity index (χ1n) is 5.41. The van der Waals surface area contributed by atoms with Crippen LogP contribution >= 0.6 is 15.9 Å². The van der Waals surface area contributed by atoms with E-state index >= 15 is 0 Å². The molecule has 0 radical (unpaired) electrons. The molecule has 0 aliphatic carbocycles. The Morgan fingerprint density at radius 2 is 1.53 bits per heavy atom. The highest BCUT2D eigenvalue weighted by Crippen LogP contribution is 2.17. The van der Waals surface area contributed by atoms with Crippen LogP contribution in [0.15, 0.2) is 0 Å². The summed E-state index contributed by atoms with van der Waals surface area (Å²) in [6.45, 7) is 11.3. The van der Waals surface area contributed by atoms with Gasteiger partial charge in [-0.1, -0.05) is 43.6 Å². The van der Waals surface area contributed by atoms with Gasteiger partial charge < -0.3 is 0 Å². The van der Waals surface area contributed by atoms with Gasteiger partial charge in [-0.3, -0.25) is 9.59 Å². The number of hydrogen-bond acceptors (Lipinski definition) is 2. The van der Waals surface area contributed by atoms with Gasteiger partial charge in [-0.25, -0.2) is 0 Å². The fourth-order valence-corrected chi connectivity index (χ4v) is 1.11. The molecule has 0 saturated heterocycles. The van der Waals surface area contributed by atoms with Crippen molar-refractivity contribution < 1.29 is 9.59 Å². The summed E-state index contributed by atoms with van der Waals surface area (Å²) in [5.74, 6) is 0.822. The quantitative estimate of drug-likeness (QED) is 0.734. The van der Waals surface area contributed by atoms with Crippen LogP contribution in [0.5, 0.6) is 0 Å². The molecule has 0 amide bonds. The van der Waals surface area contributed by atoms with E-state index in [0.29, 0.717) is 18.6 Å². The lowest BCUT2D eigenvalue weighted by Gasteiger charge is -2.11. The Morgan fingerprint density at radius 3 is 1.53 bits per heavy atom. The molecule has 0 saturated carbocycles. The van der Waals surface area contributed by atoms with Gasteiger partial charge in [0.2, 0.25) is 0 Å². The number of hydrogen-bond donors (Lipinski definition) is 0. The van der Waals surface area contributed by atoms with Crippen LogP contribution in [0.1, 0.15) is 54.4 Å². The summed E-state index contributed by atoms with van der Waals surface area (Å²) in [5.41, 5.74) is 0. The predicted molar refractivity (Wildman–Crippen MR) is 68.4 cm³/mol. The third-order valence-corrected chi connectivity index (χ3v) is 2.42. The minimum atomic E-state index is -0.318. The molecule has 15 heavy (non-hydrogen) atoms. The van der Waals surface area contributed by atoms with Gasteiger partial charge in [-0.05, 0) is 13.8 Å². The third-order valence-electron chi connectivity index (χ3n) is 1.98. The first-order valence-corrected chi connectivity index (χ1v) is 6.20. The van der Waals surface area contributed by atoms with Crippen LogP contribution < -0.4 is 0 Å². The lowest BCUT2D eigenvalue weighted by molar-refractivity contribution is -0.121. The normalized spacial score (nSPS) is 10.7. The van der Waals surface area contributed by atoms with Crippen LogP contribution in [0.25, 0.3) is 0 Å². The van der Waals surface area contributed by atoms with Crippen molar-refractivity contribution in [2.75, 3.05) is 0 Å². The van der Waals surface area contributed by atoms with E-state index in [9.17, 15) is 9.59 Å². The summed E-state index contributed by atoms with van der Waals surface area (Å²) in [6.07, 6.45) is 1.29. The van der Waals surface area contributed by atoms with E-state index in [2.05, 4.69) is 15.9 Å². The Balaban J connectivity index is 0. The molecule has 0 aromatic rings. The number of rotatable bonds is 4. The molecule has 90 valence electrons. The fraction of sp³-hybridized carbons (Fsp3) is 0.833. The van der Waals surface area contributed by atoms with Crippen LogP contribution in [-0.4, -0.2) is 15.9 Å². The molecule has 2 nitrogen and oxygen atoms in total. The number of halogens is 1. The van der Waals surface area contributed by atoms with E-state index in [1.807, 2.05) is 41.5 Å². The minimum Gasteiger partial charge on any atom is -0.299 e. The number of Topliss-reactive ketones (excluding diaryl/α,β-unsaturated/α-hetero) is 2. The average molecular weight is 279 g/mol. The summed E-state index contributed by atoms with van der Waals surface area (Å²) >= 11 is 3.25. The molecular weight excluding hydrogens is 256 g/mol. The van der Waals surface area contributed by atoms with Gasteiger partial charge in [0, 0.05) is 18.8 Å². The van der Waals surface area contributed by atoms with Crippen LogP contribution in [0.2, 0.25) is 0 Å². The maximum absolute atomic E-state index is 10.8. The zero-order valence-electron chi connectivity index (χ0n) is 10.7. The number of ketones is 2. The summed E-state index contributed by atoms with van der Waals surface area (Å²) < 4.78 is -0.318. The molecule has 0 heterocycles. The first kappa shape index (κ1) is 17.2. The van der Waals surface area contributed by atoms with Gasteiger partial charge in [-0.2, -0.15) is 0 Å². The highest BCUT2D eigenvalue weighted by molar-refractivity contribution is 9.10. The fourth-order valence-electron chi connectivity index (χ4n) is 0.829. The standard InChI is InChI=1S/C6H11BrO.C6H12O/c1-4-5(8)6(2,3)7;1-4-6(7)5(2)3/h4H2,1-3H3;5H,4H2,1-3H3. The molecule has 0 rings (SSSR count). The lowest BCUT2D eigenvalue weighted by atomic mass is 10.1. The number of alkyl halides is 1. The van der Waals surface area contributed by atoms with Gasteiger partial charge in [-0.15, -0.1) is 0 Å². The average Bonchev–Trinajstić information content (AvgIpc) is 2.14. The van der Waals surface area contributed by atoms with E-state index in [1.165, 1.54) is 0 Å². The van der Waals surface area contributed by atoms with Gasteiger partial charge in [0.05, 0.1) is 4.32 Å². The topological polar surface area (TPSA) is 34.1 Å². The number of carbonyl (C=O) groups excluding carboxylic acids is 2. The Morgan fingerprint density at radius 1 is 1.13 bits per heavy atom. The van der Waals surface area contributed by atoms with Crippen LogP contribution in [0, 0.1) is 5.92 Å². The molecule has 3 heteroatoms. The molecule has 0 aliphatic heterocycles. The zero-order chi connectivity index (χ0) is 12.6. The Kier molecular flexibility index (Phi) is 9.22. The molecular formula is C12H23BrO2. The molecule has 0 bridgehead atoms. The Labute approximate surface area is 102 Å². The highest BCUT2D eigenvalue weighted by atomic mass is 79.9. The summed E-state index contributed by atoms with van der Waals surface area (Å²) in [5, 5.41) is 0. The van der Waals surface area contributed by atoms with E-state index in [-0.39, 0.29) is 16.0 Å². The molecule has 0 spiro atoms. The van der Waals surface area contributed by atoms with Gasteiger partial charge in [0.25, 0.3) is 0 Å². The second kappa shape index (κ2) is 8.03. The highest BCUT2D eigenvalue weighted by Gasteiger charge is 2.20. The smallest absolute Gasteiger partial charge is 0.148 e. The van der Waals surface area contributed by atoms with E-state index in [1.54, 1.807) is 0 Å². The molecule has 0 unspecified atom stereocenters. The summed E-state index contributed by atoms with van der Waals surface area (Å²) in [6, 6.07) is 0. The largest absolute Gasteiger partial charge is 0.299 e. The van der Waals surface area contributed by atoms with Gasteiger partial charge >= 0.3 is 0 Å². The second-order valence-electron chi connectivity index (χ2n) is 4.22. The minimum absolute atomic E-state index is 0.227. The van der Waals surface area contributed by atoms with Crippen molar-refractivity contribution in [3.63, 3.8) is 0 Å². The second-order valence-corrected chi connectivity index (χ2v) is 6.21. The van der Waals surface area contributed by atoms with Crippen molar-refractivity contribution >= 4 is 27.5 Å². The molecule has 0 aromatic carbocycles. The lowest BCUT2D eigenvalue weighted by Crippen LogP contribution is -2.22. The number of carbonyl (C=O) groups is 2. The third kappa shape index (κ3) is 10.1. The zero-order valence-corrected chi connectivity index (χ0v) is 12.3. The first-order chi connectivity index (χ1) is 6.66. The molecule has 0 fully saturated rings.